The highest BCUT2D eigenvalue weighted by atomic mass is 19.1. The van der Waals surface area contributed by atoms with Crippen molar-refractivity contribution in [3.8, 4) is 17.2 Å². The maximum absolute atomic E-state index is 15.0. The van der Waals surface area contributed by atoms with Gasteiger partial charge in [-0.2, -0.15) is 0 Å². The molecule has 4 rings (SSSR count). The van der Waals surface area contributed by atoms with E-state index in [9.17, 15) is 14.0 Å². The van der Waals surface area contributed by atoms with Gasteiger partial charge in [-0.05, 0) is 29.8 Å². The lowest BCUT2D eigenvalue weighted by Gasteiger charge is -2.40. The molecule has 0 aromatic heterocycles. The molecule has 0 saturated carbocycles. The summed E-state index contributed by atoms with van der Waals surface area (Å²) in [5, 5.41) is 2.95. The van der Waals surface area contributed by atoms with Crippen LogP contribution in [0.2, 0.25) is 0 Å². The zero-order chi connectivity index (χ0) is 25.1. The van der Waals surface area contributed by atoms with Crippen LogP contribution < -0.4 is 19.5 Å². The molecule has 1 heterocycles. The first-order valence-electron chi connectivity index (χ1n) is 11.1. The first kappa shape index (κ1) is 24.1. The Labute approximate surface area is 203 Å². The Bertz CT molecular complexity index is 1260. The highest BCUT2D eigenvalue weighted by Crippen LogP contribution is 2.46. The third kappa shape index (κ3) is 4.39. The summed E-state index contributed by atoms with van der Waals surface area (Å²) in [6, 6.07) is 15.8. The van der Waals surface area contributed by atoms with Crippen molar-refractivity contribution in [3.63, 3.8) is 0 Å². The van der Waals surface area contributed by atoms with Crippen LogP contribution in [0.5, 0.6) is 17.2 Å². The maximum atomic E-state index is 15.0. The van der Waals surface area contributed by atoms with Crippen LogP contribution in [-0.2, 0) is 11.3 Å². The van der Waals surface area contributed by atoms with Gasteiger partial charge in [-0.25, -0.2) is 4.39 Å². The van der Waals surface area contributed by atoms with E-state index >= 15 is 0 Å². The number of nitrogens with zero attached hydrogens (tertiary/aromatic N) is 1. The second-order valence-corrected chi connectivity index (χ2v) is 8.18. The number of carbonyl (C=O) groups is 2. The van der Waals surface area contributed by atoms with E-state index in [2.05, 4.69) is 5.32 Å². The van der Waals surface area contributed by atoms with Crippen molar-refractivity contribution >= 4 is 11.8 Å². The molecule has 0 saturated heterocycles. The third-order valence-electron chi connectivity index (χ3n) is 6.33. The molecule has 2 atom stereocenters. The number of methoxy groups -OCH3 is 3. The Hall–Kier alpha value is -4.07. The van der Waals surface area contributed by atoms with Crippen LogP contribution >= 0.6 is 0 Å². The van der Waals surface area contributed by atoms with Gasteiger partial charge in [0.05, 0.1) is 33.3 Å². The summed E-state index contributed by atoms with van der Waals surface area (Å²) in [5.41, 5.74) is 1.78. The SMILES string of the molecule is COc1ccccc1CNC(=O)[C@H]1c2cc(OC)c(OC)cc2C(=O)N(C)[C@@H]1c1ccccc1F. The molecule has 8 heteroatoms. The number of halogens is 1. The van der Waals surface area contributed by atoms with Gasteiger partial charge in [0, 0.05) is 30.3 Å². The minimum absolute atomic E-state index is 0.198. The lowest BCUT2D eigenvalue weighted by atomic mass is 9.79. The predicted molar refractivity (Wildman–Crippen MR) is 128 cm³/mol. The van der Waals surface area contributed by atoms with Gasteiger partial charge in [-0.1, -0.05) is 36.4 Å². The lowest BCUT2D eigenvalue weighted by Crippen LogP contribution is -2.45. The van der Waals surface area contributed by atoms with E-state index in [4.69, 9.17) is 14.2 Å². The normalized spacial score (nSPS) is 16.9. The van der Waals surface area contributed by atoms with Crippen molar-refractivity contribution in [3.05, 3.63) is 88.7 Å². The average Bonchev–Trinajstić information content (AvgIpc) is 2.89. The van der Waals surface area contributed by atoms with Crippen LogP contribution in [0.3, 0.4) is 0 Å². The Morgan fingerprint density at radius 2 is 1.54 bits per heavy atom. The van der Waals surface area contributed by atoms with E-state index in [0.717, 1.165) is 5.56 Å². The largest absolute Gasteiger partial charge is 0.496 e. The fourth-order valence-electron chi connectivity index (χ4n) is 4.58. The molecular formula is C27H27FN2O5. The molecule has 0 bridgehead atoms. The smallest absolute Gasteiger partial charge is 0.254 e. The molecular weight excluding hydrogens is 451 g/mol. The molecule has 3 aromatic carbocycles. The van der Waals surface area contributed by atoms with Crippen molar-refractivity contribution in [2.24, 2.45) is 0 Å². The number of rotatable bonds is 7. The number of hydrogen-bond donors (Lipinski definition) is 1. The summed E-state index contributed by atoms with van der Waals surface area (Å²) >= 11 is 0. The Balaban J connectivity index is 1.82. The van der Waals surface area contributed by atoms with Crippen molar-refractivity contribution in [2.75, 3.05) is 28.4 Å². The molecule has 0 unspecified atom stereocenters. The fourth-order valence-corrected chi connectivity index (χ4v) is 4.58. The fraction of sp³-hybridized carbons (Fsp3) is 0.259. The highest BCUT2D eigenvalue weighted by molar-refractivity contribution is 6.02. The van der Waals surface area contributed by atoms with E-state index in [-0.39, 0.29) is 23.9 Å². The molecule has 0 spiro atoms. The van der Waals surface area contributed by atoms with Gasteiger partial charge in [0.25, 0.3) is 5.91 Å². The summed E-state index contributed by atoms with van der Waals surface area (Å²) < 4.78 is 31.2. The molecule has 7 nitrogen and oxygen atoms in total. The number of likely N-dealkylation sites (N-methyl/N-ethyl adjacent to an activating group) is 1. The molecule has 1 N–H and O–H groups in total. The van der Waals surface area contributed by atoms with Crippen LogP contribution in [0.15, 0.2) is 60.7 Å². The summed E-state index contributed by atoms with van der Waals surface area (Å²) in [6.45, 7) is 0.198. The number of hydrogen-bond acceptors (Lipinski definition) is 5. The Morgan fingerprint density at radius 1 is 0.914 bits per heavy atom. The monoisotopic (exact) mass is 478 g/mol. The number of amides is 2. The topological polar surface area (TPSA) is 77.1 Å². The summed E-state index contributed by atoms with van der Waals surface area (Å²) in [4.78, 5) is 28.5. The van der Waals surface area contributed by atoms with Gasteiger partial charge in [-0.3, -0.25) is 9.59 Å². The van der Waals surface area contributed by atoms with Crippen LogP contribution in [0.4, 0.5) is 4.39 Å². The van der Waals surface area contributed by atoms with Crippen LogP contribution in [0.1, 0.15) is 39.0 Å². The molecule has 1 aliphatic rings. The predicted octanol–water partition coefficient (Wildman–Crippen LogP) is 4.08. The van der Waals surface area contributed by atoms with E-state index in [1.54, 1.807) is 44.5 Å². The first-order valence-corrected chi connectivity index (χ1v) is 11.1. The lowest BCUT2D eigenvalue weighted by molar-refractivity contribution is -0.124. The maximum Gasteiger partial charge on any atom is 0.254 e. The van der Waals surface area contributed by atoms with E-state index < -0.39 is 17.8 Å². The molecule has 182 valence electrons. The van der Waals surface area contributed by atoms with Gasteiger partial charge in [0.15, 0.2) is 11.5 Å². The minimum Gasteiger partial charge on any atom is -0.496 e. The molecule has 0 fully saturated rings. The number of benzene rings is 3. The second kappa shape index (κ2) is 10.0. The van der Waals surface area contributed by atoms with Gasteiger partial charge in [0.1, 0.15) is 11.6 Å². The quantitative estimate of drug-likeness (QED) is 0.554. The van der Waals surface area contributed by atoms with Gasteiger partial charge < -0.3 is 24.4 Å². The highest BCUT2D eigenvalue weighted by Gasteiger charge is 2.44. The van der Waals surface area contributed by atoms with Crippen molar-refractivity contribution < 1.29 is 28.2 Å². The van der Waals surface area contributed by atoms with Crippen molar-refractivity contribution in [1.82, 2.24) is 10.2 Å². The summed E-state index contributed by atoms with van der Waals surface area (Å²) in [6.07, 6.45) is 0. The number of fused-ring (bicyclic) bond motifs is 1. The Kier molecular flexibility index (Phi) is 6.91. The molecule has 0 aliphatic carbocycles. The zero-order valence-corrected chi connectivity index (χ0v) is 20.0. The van der Waals surface area contributed by atoms with Crippen LogP contribution in [0.25, 0.3) is 0 Å². The molecule has 2 amide bonds. The third-order valence-corrected chi connectivity index (χ3v) is 6.33. The number of para-hydroxylation sites is 1. The molecule has 1 aliphatic heterocycles. The minimum atomic E-state index is -0.904. The van der Waals surface area contributed by atoms with E-state index in [1.165, 1.54) is 25.2 Å². The number of carbonyl (C=O) groups excluding carboxylic acids is 2. The molecule has 35 heavy (non-hydrogen) atoms. The van der Waals surface area contributed by atoms with Crippen molar-refractivity contribution in [2.45, 2.75) is 18.5 Å². The first-order chi connectivity index (χ1) is 16.9. The number of ether oxygens (including phenoxy) is 3. The van der Waals surface area contributed by atoms with Gasteiger partial charge >= 0.3 is 0 Å². The van der Waals surface area contributed by atoms with Gasteiger partial charge in [0.2, 0.25) is 5.91 Å². The van der Waals surface area contributed by atoms with Crippen molar-refractivity contribution in [1.29, 1.82) is 0 Å². The average molecular weight is 479 g/mol. The van der Waals surface area contributed by atoms with Gasteiger partial charge in [-0.15, -0.1) is 0 Å². The molecule has 0 radical (unpaired) electrons. The van der Waals surface area contributed by atoms with Crippen LogP contribution in [-0.4, -0.2) is 45.1 Å². The Morgan fingerprint density at radius 3 is 2.23 bits per heavy atom. The summed E-state index contributed by atoms with van der Waals surface area (Å²) in [5.74, 6) is -0.729. The molecule has 3 aromatic rings. The summed E-state index contributed by atoms with van der Waals surface area (Å²) in [7, 11) is 6.08. The number of nitrogens with one attached hydrogen (secondary N) is 1. The van der Waals surface area contributed by atoms with E-state index in [1.807, 2.05) is 24.3 Å². The second-order valence-electron chi connectivity index (χ2n) is 8.18. The standard InChI is InChI=1S/C27H27FN2O5/c1-30-25(17-10-6-7-11-20(17)28)24(26(31)29-15-16-9-5-8-12-21(16)33-2)18-13-22(34-3)23(35-4)14-19(18)27(30)32/h5-14,24-25H,15H2,1-4H3,(H,29,31)/t24-,25+/m0/s1. The zero-order valence-electron chi connectivity index (χ0n) is 20.0. The van der Waals surface area contributed by atoms with E-state index in [0.29, 0.717) is 28.4 Å². The van der Waals surface area contributed by atoms with Crippen LogP contribution in [0, 0.1) is 5.82 Å².